The molecule has 41 heavy (non-hydrogen) atoms. The number of nitrogens with one attached hydrogen (secondary N) is 2. The van der Waals surface area contributed by atoms with Gasteiger partial charge in [-0.25, -0.2) is 9.59 Å². The monoisotopic (exact) mass is 560 g/mol. The number of carboxylic acids is 2. The minimum atomic E-state index is -1.22. The number of nitrogens with zero attached hydrogens (tertiary/aromatic N) is 2. The highest BCUT2D eigenvalue weighted by molar-refractivity contribution is 6.06. The summed E-state index contributed by atoms with van der Waals surface area (Å²) in [5.41, 5.74) is 3.96. The normalized spacial score (nSPS) is 19.2. The maximum atomic E-state index is 12.6. The van der Waals surface area contributed by atoms with Crippen molar-refractivity contribution < 1.29 is 29.3 Å². The van der Waals surface area contributed by atoms with Crippen LogP contribution in [0.1, 0.15) is 43.7 Å². The molecule has 0 aliphatic carbocycles. The van der Waals surface area contributed by atoms with Crippen molar-refractivity contribution in [2.24, 2.45) is 10.9 Å². The molecule has 2 heterocycles. The Morgan fingerprint density at radius 2 is 1.88 bits per heavy atom. The average molecular weight is 561 g/mol. The Labute approximate surface area is 239 Å². The van der Waals surface area contributed by atoms with E-state index in [4.69, 9.17) is 4.74 Å². The number of allylic oxidation sites excluding steroid dienone is 1. The van der Waals surface area contributed by atoms with Gasteiger partial charge in [0.15, 0.2) is 0 Å². The zero-order chi connectivity index (χ0) is 29.5. The van der Waals surface area contributed by atoms with E-state index in [0.29, 0.717) is 23.5 Å². The van der Waals surface area contributed by atoms with Crippen molar-refractivity contribution in [1.29, 1.82) is 0 Å². The largest absolute Gasteiger partial charge is 0.497 e. The van der Waals surface area contributed by atoms with Gasteiger partial charge in [0.25, 0.3) is 0 Å². The molecule has 216 valence electrons. The maximum absolute atomic E-state index is 12.6. The predicted molar refractivity (Wildman–Crippen MR) is 157 cm³/mol. The van der Waals surface area contributed by atoms with Crippen molar-refractivity contribution in [2.45, 2.75) is 32.6 Å². The summed E-state index contributed by atoms with van der Waals surface area (Å²) >= 11 is 0. The summed E-state index contributed by atoms with van der Waals surface area (Å²) in [6.07, 6.45) is 3.97. The van der Waals surface area contributed by atoms with Crippen LogP contribution in [0.25, 0.3) is 5.57 Å². The minimum Gasteiger partial charge on any atom is -0.497 e. The third kappa shape index (κ3) is 7.20. The zero-order valence-electron chi connectivity index (χ0n) is 23.5. The number of ether oxygens (including phenoxy) is 1. The van der Waals surface area contributed by atoms with Crippen LogP contribution in [-0.2, 0) is 9.59 Å². The SMILES string of the molecule is COc1cccc(C2=CCN(CCCNC(=O)Nc3cccc(C4C(C(=O)O)=C(C)N=C(C)C4C(=O)O)c3)CC2)c1. The lowest BCUT2D eigenvalue weighted by Crippen LogP contribution is -2.35. The molecule has 0 fully saturated rings. The van der Waals surface area contributed by atoms with Crippen molar-refractivity contribution >= 4 is 34.9 Å². The minimum absolute atomic E-state index is 0.0622. The number of anilines is 1. The van der Waals surface area contributed by atoms with Gasteiger partial charge in [0.2, 0.25) is 0 Å². The van der Waals surface area contributed by atoms with Gasteiger partial charge in [-0.1, -0.05) is 30.3 Å². The van der Waals surface area contributed by atoms with Gasteiger partial charge in [0.05, 0.1) is 12.7 Å². The summed E-state index contributed by atoms with van der Waals surface area (Å²) in [6, 6.07) is 14.3. The molecule has 2 aliphatic heterocycles. The summed E-state index contributed by atoms with van der Waals surface area (Å²) in [4.78, 5) is 43.2. The lowest BCUT2D eigenvalue weighted by molar-refractivity contribution is -0.140. The molecular weight excluding hydrogens is 524 g/mol. The van der Waals surface area contributed by atoms with E-state index in [1.54, 1.807) is 45.2 Å². The van der Waals surface area contributed by atoms with Crippen molar-refractivity contribution in [3.8, 4) is 5.75 Å². The van der Waals surface area contributed by atoms with Gasteiger partial charge in [-0.2, -0.15) is 0 Å². The van der Waals surface area contributed by atoms with Gasteiger partial charge >= 0.3 is 18.0 Å². The highest BCUT2D eigenvalue weighted by Crippen LogP contribution is 2.39. The van der Waals surface area contributed by atoms with Gasteiger partial charge in [-0.3, -0.25) is 14.7 Å². The lowest BCUT2D eigenvalue weighted by Gasteiger charge is -2.29. The van der Waals surface area contributed by atoms with E-state index in [2.05, 4.69) is 38.7 Å². The van der Waals surface area contributed by atoms with E-state index in [1.807, 2.05) is 12.1 Å². The van der Waals surface area contributed by atoms with E-state index in [1.165, 1.54) is 11.1 Å². The average Bonchev–Trinajstić information content (AvgIpc) is 2.95. The number of benzene rings is 2. The molecule has 10 heteroatoms. The molecule has 0 spiro atoms. The standard InChI is InChI=1S/C31H36N4O6/c1-19-26(29(36)37)28(27(30(38)39)20(2)33-19)23-8-4-9-24(17-23)34-31(40)32-13-6-14-35-15-11-21(12-16-35)22-7-5-10-25(18-22)41-3/h4-5,7-11,17-18,26,28H,6,12-16H2,1-3H3,(H,36,37)(H,38,39)(H2,32,34,40). The number of methoxy groups -OCH3 is 1. The first-order valence-corrected chi connectivity index (χ1v) is 13.6. The van der Waals surface area contributed by atoms with Crippen LogP contribution >= 0.6 is 0 Å². The summed E-state index contributed by atoms with van der Waals surface area (Å²) < 4.78 is 5.33. The van der Waals surface area contributed by atoms with Crippen molar-refractivity contribution in [3.05, 3.63) is 77.0 Å². The summed E-state index contributed by atoms with van der Waals surface area (Å²) in [6.45, 7) is 6.27. The van der Waals surface area contributed by atoms with Crippen molar-refractivity contribution in [1.82, 2.24) is 10.2 Å². The molecule has 2 aliphatic rings. The molecular formula is C31H36N4O6. The Hall–Kier alpha value is -4.44. The summed E-state index contributed by atoms with van der Waals surface area (Å²) in [5.74, 6) is -3.58. The number of carbonyl (C=O) groups excluding carboxylic acids is 1. The first kappa shape index (κ1) is 29.5. The van der Waals surface area contributed by atoms with E-state index < -0.39 is 23.8 Å². The molecule has 2 aromatic carbocycles. The van der Waals surface area contributed by atoms with E-state index in [0.717, 1.165) is 38.2 Å². The van der Waals surface area contributed by atoms with Crippen LogP contribution in [0.5, 0.6) is 5.75 Å². The Morgan fingerprint density at radius 1 is 1.10 bits per heavy atom. The molecule has 2 atom stereocenters. The second kappa shape index (κ2) is 13.3. The number of rotatable bonds is 10. The molecule has 2 amide bonds. The van der Waals surface area contributed by atoms with Gasteiger partial charge < -0.3 is 25.6 Å². The Balaban J connectivity index is 1.30. The fourth-order valence-electron chi connectivity index (χ4n) is 5.48. The van der Waals surface area contributed by atoms with Gasteiger partial charge in [0, 0.05) is 49.2 Å². The fourth-order valence-corrected chi connectivity index (χ4v) is 5.48. The van der Waals surface area contributed by atoms with Crippen LogP contribution in [0.4, 0.5) is 10.5 Å². The highest BCUT2D eigenvalue weighted by Gasteiger charge is 2.41. The predicted octanol–water partition coefficient (Wildman–Crippen LogP) is 4.61. The quantitative estimate of drug-likeness (QED) is 0.311. The van der Waals surface area contributed by atoms with Crippen LogP contribution in [0.15, 0.2) is 70.9 Å². The summed E-state index contributed by atoms with van der Waals surface area (Å²) in [5, 5.41) is 25.3. The lowest BCUT2D eigenvalue weighted by atomic mass is 9.75. The number of carbonyl (C=O) groups is 3. The molecule has 0 saturated carbocycles. The number of urea groups is 1. The van der Waals surface area contributed by atoms with E-state index >= 15 is 0 Å². The van der Waals surface area contributed by atoms with Crippen LogP contribution in [0.2, 0.25) is 0 Å². The first-order chi connectivity index (χ1) is 19.7. The van der Waals surface area contributed by atoms with Crippen LogP contribution in [-0.4, -0.2) is 72.1 Å². The van der Waals surface area contributed by atoms with Gasteiger partial charge in [-0.05, 0) is 67.7 Å². The van der Waals surface area contributed by atoms with Gasteiger partial charge in [0.1, 0.15) is 11.7 Å². The Kier molecular flexibility index (Phi) is 9.57. The molecule has 0 radical (unpaired) electrons. The molecule has 0 aromatic heterocycles. The third-order valence-electron chi connectivity index (χ3n) is 7.50. The number of aliphatic carboxylic acids is 2. The van der Waals surface area contributed by atoms with Crippen molar-refractivity contribution in [3.63, 3.8) is 0 Å². The number of carboxylic acid groups (broad SMARTS) is 2. The highest BCUT2D eigenvalue weighted by atomic mass is 16.5. The molecule has 10 nitrogen and oxygen atoms in total. The molecule has 2 aromatic rings. The van der Waals surface area contributed by atoms with Gasteiger partial charge in [-0.15, -0.1) is 0 Å². The van der Waals surface area contributed by atoms with Crippen LogP contribution in [0, 0.1) is 5.92 Å². The Morgan fingerprint density at radius 3 is 2.56 bits per heavy atom. The smallest absolute Gasteiger partial charge is 0.334 e. The maximum Gasteiger partial charge on any atom is 0.334 e. The van der Waals surface area contributed by atoms with E-state index in [-0.39, 0.29) is 17.3 Å². The second-order valence-corrected chi connectivity index (χ2v) is 10.2. The molecule has 0 saturated heterocycles. The molecule has 2 unspecified atom stereocenters. The first-order valence-electron chi connectivity index (χ1n) is 13.6. The Bertz CT molecular complexity index is 1410. The van der Waals surface area contributed by atoms with Crippen LogP contribution in [0.3, 0.4) is 0 Å². The molecule has 0 bridgehead atoms. The third-order valence-corrected chi connectivity index (χ3v) is 7.50. The molecule has 4 N–H and O–H groups in total. The summed E-state index contributed by atoms with van der Waals surface area (Å²) in [7, 11) is 1.67. The second-order valence-electron chi connectivity index (χ2n) is 10.2. The van der Waals surface area contributed by atoms with Crippen molar-refractivity contribution in [2.75, 3.05) is 38.6 Å². The number of hydrogen-bond acceptors (Lipinski definition) is 6. The number of hydrogen-bond donors (Lipinski definition) is 4. The molecule has 4 rings (SSSR count). The zero-order valence-corrected chi connectivity index (χ0v) is 23.5. The number of amides is 2. The topological polar surface area (TPSA) is 141 Å². The number of aliphatic imine (C=N–C) groups is 1. The fraction of sp³-hybridized carbons (Fsp3) is 0.355. The van der Waals surface area contributed by atoms with E-state index in [9.17, 15) is 24.6 Å². The van der Waals surface area contributed by atoms with Crippen LogP contribution < -0.4 is 15.4 Å².